The Morgan fingerprint density at radius 1 is 1.03 bits per heavy atom. The molecule has 6 heteroatoms. The Morgan fingerprint density at radius 3 is 2.28 bits per heavy atom. The number of fused-ring (bicyclic) bond motifs is 5. The highest BCUT2D eigenvalue weighted by atomic mass is 19.3. The van der Waals surface area contributed by atoms with Crippen molar-refractivity contribution in [2.45, 2.75) is 104 Å². The van der Waals surface area contributed by atoms with E-state index in [1.165, 1.54) is 0 Å². The van der Waals surface area contributed by atoms with Gasteiger partial charge >= 0.3 is 5.97 Å². The van der Waals surface area contributed by atoms with Gasteiger partial charge in [0, 0.05) is 12.3 Å². The Labute approximate surface area is 191 Å². The molecule has 4 aliphatic carbocycles. The quantitative estimate of drug-likeness (QED) is 0.520. The van der Waals surface area contributed by atoms with E-state index in [4.69, 9.17) is 5.11 Å². The third kappa shape index (κ3) is 3.37. The number of carbonyl (C=O) groups is 1. The molecule has 0 bridgehead atoms. The first-order valence-electron chi connectivity index (χ1n) is 12.8. The maximum absolute atomic E-state index is 15.4. The number of rotatable bonds is 5. The van der Waals surface area contributed by atoms with Gasteiger partial charge < -0.3 is 15.3 Å². The van der Waals surface area contributed by atoms with Crippen LogP contribution in [0.1, 0.15) is 85.5 Å². The minimum atomic E-state index is -3.16. The minimum Gasteiger partial charge on any atom is -0.481 e. The SMILES string of the molecule is CC[C@H]1C(O)C2C3CCC([C@H](C)CCC(=O)O)[C@@]3(C)CCC2[C@@]2(C)CC[C@@H](O)C(F)(F)[C@@H]12. The van der Waals surface area contributed by atoms with Gasteiger partial charge in [-0.05, 0) is 91.3 Å². The van der Waals surface area contributed by atoms with E-state index in [0.717, 1.165) is 25.7 Å². The summed E-state index contributed by atoms with van der Waals surface area (Å²) in [5.41, 5.74) is -0.542. The van der Waals surface area contributed by atoms with Crippen molar-refractivity contribution in [2.75, 3.05) is 0 Å². The predicted octanol–water partition coefficient (Wildman–Crippen LogP) is 5.36. The minimum absolute atomic E-state index is 0.0164. The van der Waals surface area contributed by atoms with Gasteiger partial charge in [0.15, 0.2) is 0 Å². The van der Waals surface area contributed by atoms with E-state index in [1.807, 2.05) is 13.8 Å². The number of aliphatic hydroxyl groups is 2. The molecule has 4 nitrogen and oxygen atoms in total. The van der Waals surface area contributed by atoms with E-state index in [9.17, 15) is 15.0 Å². The van der Waals surface area contributed by atoms with Crippen LogP contribution in [0.15, 0.2) is 0 Å². The Balaban J connectivity index is 1.66. The van der Waals surface area contributed by atoms with Crippen LogP contribution in [0.2, 0.25) is 0 Å². The molecule has 4 fully saturated rings. The second-order valence-corrected chi connectivity index (χ2v) is 12.2. The van der Waals surface area contributed by atoms with E-state index in [-0.39, 0.29) is 30.1 Å². The van der Waals surface area contributed by atoms with Crippen LogP contribution in [-0.4, -0.2) is 39.4 Å². The molecule has 4 rings (SSSR count). The first-order valence-corrected chi connectivity index (χ1v) is 12.8. The van der Waals surface area contributed by atoms with Gasteiger partial charge in [-0.1, -0.05) is 34.1 Å². The molecule has 3 N–H and O–H groups in total. The van der Waals surface area contributed by atoms with Crippen LogP contribution in [0, 0.1) is 52.3 Å². The molecule has 0 aromatic heterocycles. The number of hydrogen-bond acceptors (Lipinski definition) is 3. The summed E-state index contributed by atoms with van der Waals surface area (Å²) < 4.78 is 30.8. The molecular weight excluding hydrogens is 414 g/mol. The lowest BCUT2D eigenvalue weighted by Crippen LogP contribution is -2.67. The Hall–Kier alpha value is -0.750. The van der Waals surface area contributed by atoms with Crippen molar-refractivity contribution >= 4 is 5.97 Å². The highest BCUT2D eigenvalue weighted by Crippen LogP contribution is 2.71. The fourth-order valence-electron chi connectivity index (χ4n) is 9.56. The molecule has 0 aliphatic heterocycles. The highest BCUT2D eigenvalue weighted by Gasteiger charge is 2.70. The van der Waals surface area contributed by atoms with Crippen molar-refractivity contribution in [3.05, 3.63) is 0 Å². The standard InChI is InChI=1S/C26H42F2O4/c1-5-15-22(32)21-17-8-7-16(14(2)6-9-20(30)31)24(17,3)12-10-18(21)25(4)13-11-19(29)26(27,28)23(15)25/h14-19,21-23,29,32H,5-13H2,1-4H3,(H,30,31)/t14-,15+,16?,17?,18?,19-,21?,22?,23+,24-,25-/m1/s1. The molecule has 4 aliphatic rings. The van der Waals surface area contributed by atoms with Gasteiger partial charge in [-0.15, -0.1) is 0 Å². The third-order valence-corrected chi connectivity index (χ3v) is 11.0. The first kappa shape index (κ1) is 24.4. The molecule has 184 valence electrons. The van der Waals surface area contributed by atoms with Gasteiger partial charge in [-0.25, -0.2) is 8.78 Å². The molecule has 0 aromatic rings. The lowest BCUT2D eigenvalue weighted by atomic mass is 9.40. The molecule has 32 heavy (non-hydrogen) atoms. The maximum Gasteiger partial charge on any atom is 0.303 e. The Kier molecular flexibility index (Phi) is 6.23. The summed E-state index contributed by atoms with van der Waals surface area (Å²) in [6.45, 7) is 8.41. The predicted molar refractivity (Wildman–Crippen MR) is 118 cm³/mol. The van der Waals surface area contributed by atoms with Crippen molar-refractivity contribution in [1.29, 1.82) is 0 Å². The number of alkyl halides is 2. The zero-order valence-corrected chi connectivity index (χ0v) is 20.1. The first-order chi connectivity index (χ1) is 14.9. The molecule has 0 aromatic carbocycles. The number of hydrogen-bond donors (Lipinski definition) is 3. The molecular formula is C26H42F2O4. The number of aliphatic carboxylic acids is 1. The molecule has 11 atom stereocenters. The van der Waals surface area contributed by atoms with Gasteiger partial charge in [0.2, 0.25) is 0 Å². The van der Waals surface area contributed by atoms with Crippen molar-refractivity contribution in [2.24, 2.45) is 52.3 Å². The maximum atomic E-state index is 15.4. The summed E-state index contributed by atoms with van der Waals surface area (Å²) in [4.78, 5) is 11.1. The van der Waals surface area contributed by atoms with E-state index < -0.39 is 41.4 Å². The van der Waals surface area contributed by atoms with Gasteiger partial charge in [0.05, 0.1) is 6.10 Å². The topological polar surface area (TPSA) is 77.8 Å². The summed E-state index contributed by atoms with van der Waals surface area (Å²) in [5, 5.41) is 30.9. The lowest BCUT2D eigenvalue weighted by Gasteiger charge is -2.65. The number of halogens is 2. The normalized spacial score (nSPS) is 50.8. The van der Waals surface area contributed by atoms with Gasteiger partial charge in [-0.2, -0.15) is 0 Å². The molecule has 5 unspecified atom stereocenters. The van der Waals surface area contributed by atoms with Gasteiger partial charge in [0.25, 0.3) is 5.92 Å². The van der Waals surface area contributed by atoms with Crippen molar-refractivity contribution in [3.63, 3.8) is 0 Å². The summed E-state index contributed by atoms with van der Waals surface area (Å²) in [6, 6.07) is 0. The molecule has 0 saturated heterocycles. The lowest BCUT2D eigenvalue weighted by molar-refractivity contribution is -0.286. The number of carboxylic acids is 1. The molecule has 0 amide bonds. The van der Waals surface area contributed by atoms with E-state index in [1.54, 1.807) is 0 Å². The van der Waals surface area contributed by atoms with Crippen LogP contribution in [0.25, 0.3) is 0 Å². The van der Waals surface area contributed by atoms with Crippen LogP contribution in [0.5, 0.6) is 0 Å². The van der Waals surface area contributed by atoms with E-state index >= 15 is 8.78 Å². The number of carboxylic acid groups (broad SMARTS) is 1. The Bertz CT molecular complexity index is 729. The van der Waals surface area contributed by atoms with Crippen molar-refractivity contribution < 1.29 is 28.9 Å². The monoisotopic (exact) mass is 456 g/mol. The van der Waals surface area contributed by atoms with Crippen molar-refractivity contribution in [1.82, 2.24) is 0 Å². The van der Waals surface area contributed by atoms with Crippen LogP contribution >= 0.6 is 0 Å². The van der Waals surface area contributed by atoms with Gasteiger partial charge in [-0.3, -0.25) is 4.79 Å². The zero-order valence-electron chi connectivity index (χ0n) is 20.1. The second kappa shape index (κ2) is 8.18. The van der Waals surface area contributed by atoms with Crippen LogP contribution in [0.3, 0.4) is 0 Å². The second-order valence-electron chi connectivity index (χ2n) is 12.2. The average Bonchev–Trinajstić information content (AvgIpc) is 3.08. The average molecular weight is 457 g/mol. The van der Waals surface area contributed by atoms with Crippen LogP contribution in [0.4, 0.5) is 8.78 Å². The fraction of sp³-hybridized carbons (Fsp3) is 0.962. The molecule has 0 heterocycles. The summed E-state index contributed by atoms with van der Waals surface area (Å²) in [6.07, 6.45) is 3.52. The smallest absolute Gasteiger partial charge is 0.303 e. The van der Waals surface area contributed by atoms with Gasteiger partial charge in [0.1, 0.15) is 6.10 Å². The summed E-state index contributed by atoms with van der Waals surface area (Å²) in [7, 11) is 0. The zero-order chi connectivity index (χ0) is 23.6. The van der Waals surface area contributed by atoms with E-state index in [2.05, 4.69) is 13.8 Å². The molecule has 0 spiro atoms. The largest absolute Gasteiger partial charge is 0.481 e. The summed E-state index contributed by atoms with van der Waals surface area (Å²) >= 11 is 0. The number of aliphatic hydroxyl groups excluding tert-OH is 2. The van der Waals surface area contributed by atoms with Crippen LogP contribution < -0.4 is 0 Å². The highest BCUT2D eigenvalue weighted by molar-refractivity contribution is 5.66. The van der Waals surface area contributed by atoms with Crippen LogP contribution in [-0.2, 0) is 4.79 Å². The third-order valence-electron chi connectivity index (χ3n) is 11.0. The molecule has 0 radical (unpaired) electrons. The Morgan fingerprint density at radius 2 is 1.66 bits per heavy atom. The van der Waals surface area contributed by atoms with Crippen molar-refractivity contribution in [3.8, 4) is 0 Å². The fourth-order valence-corrected chi connectivity index (χ4v) is 9.56. The summed E-state index contributed by atoms with van der Waals surface area (Å²) in [5.74, 6) is -4.32. The van der Waals surface area contributed by atoms with E-state index in [0.29, 0.717) is 37.0 Å². The molecule has 4 saturated carbocycles.